The molecule has 0 unspecified atom stereocenters. The zero-order chi connectivity index (χ0) is 18.8. The highest BCUT2D eigenvalue weighted by Crippen LogP contribution is 2.31. The highest BCUT2D eigenvalue weighted by Gasteiger charge is 2.22. The van der Waals surface area contributed by atoms with E-state index in [1.54, 1.807) is 30.3 Å². The van der Waals surface area contributed by atoms with Gasteiger partial charge in [-0.1, -0.05) is 36.4 Å². The molecule has 134 valence electrons. The minimum absolute atomic E-state index is 0.0454. The van der Waals surface area contributed by atoms with E-state index in [1.807, 2.05) is 37.3 Å². The largest absolute Gasteiger partial charge is 0.461 e. The average molecular weight is 360 g/mol. The topological polar surface area (TPSA) is 69.7 Å². The van der Waals surface area contributed by atoms with Gasteiger partial charge in [-0.15, -0.1) is 0 Å². The van der Waals surface area contributed by atoms with E-state index < -0.39 is 11.4 Å². The van der Waals surface area contributed by atoms with E-state index in [-0.39, 0.29) is 17.9 Å². The Morgan fingerprint density at radius 2 is 1.85 bits per heavy atom. The first-order chi connectivity index (χ1) is 13.1. The standard InChI is InChI=1S/C22H16O5/c1-14-9-10-16-18(12-14)26-21(17-8-5-11-25-17)22(20(16)24)27-19(23)13-15-6-3-2-4-7-15/h2-12H,13H2,1H3. The fourth-order valence-corrected chi connectivity index (χ4v) is 2.86. The second-order valence-electron chi connectivity index (χ2n) is 6.20. The third kappa shape index (κ3) is 3.40. The third-order valence-electron chi connectivity index (χ3n) is 4.16. The van der Waals surface area contributed by atoms with Crippen LogP contribution in [0.3, 0.4) is 0 Å². The maximum atomic E-state index is 13.0. The number of esters is 1. The van der Waals surface area contributed by atoms with Gasteiger partial charge >= 0.3 is 5.97 Å². The molecule has 5 nitrogen and oxygen atoms in total. The van der Waals surface area contributed by atoms with E-state index in [0.717, 1.165) is 11.1 Å². The summed E-state index contributed by atoms with van der Waals surface area (Å²) in [6.07, 6.45) is 1.51. The van der Waals surface area contributed by atoms with Crippen LogP contribution in [-0.4, -0.2) is 5.97 Å². The average Bonchev–Trinajstić information content (AvgIpc) is 3.19. The molecule has 0 saturated carbocycles. The van der Waals surface area contributed by atoms with Crippen molar-refractivity contribution in [2.24, 2.45) is 0 Å². The molecule has 2 aromatic carbocycles. The van der Waals surface area contributed by atoms with Crippen molar-refractivity contribution in [2.45, 2.75) is 13.3 Å². The van der Waals surface area contributed by atoms with E-state index in [2.05, 4.69) is 0 Å². The van der Waals surface area contributed by atoms with Crippen molar-refractivity contribution in [1.82, 2.24) is 0 Å². The number of furan rings is 1. The zero-order valence-electron chi connectivity index (χ0n) is 14.6. The summed E-state index contributed by atoms with van der Waals surface area (Å²) in [5.41, 5.74) is 1.74. The number of ether oxygens (including phenoxy) is 1. The van der Waals surface area contributed by atoms with Gasteiger partial charge < -0.3 is 13.6 Å². The lowest BCUT2D eigenvalue weighted by atomic mass is 10.1. The van der Waals surface area contributed by atoms with Crippen molar-refractivity contribution in [1.29, 1.82) is 0 Å². The van der Waals surface area contributed by atoms with Crippen molar-refractivity contribution in [3.05, 3.63) is 88.3 Å². The van der Waals surface area contributed by atoms with Crippen LogP contribution in [0.15, 0.2) is 80.6 Å². The fraction of sp³-hybridized carbons (Fsp3) is 0.0909. The Hall–Kier alpha value is -3.60. The summed E-state index contributed by atoms with van der Waals surface area (Å²) >= 11 is 0. The number of benzene rings is 2. The minimum Gasteiger partial charge on any atom is -0.461 e. The van der Waals surface area contributed by atoms with Crippen LogP contribution < -0.4 is 10.2 Å². The van der Waals surface area contributed by atoms with Crippen LogP contribution in [0.25, 0.3) is 22.5 Å². The number of fused-ring (bicyclic) bond motifs is 1. The van der Waals surface area contributed by atoms with Crippen LogP contribution in [0.2, 0.25) is 0 Å². The summed E-state index contributed by atoms with van der Waals surface area (Å²) in [6, 6.07) is 17.7. The molecule has 4 rings (SSSR count). The molecule has 0 spiro atoms. The Labute approximate surface area is 154 Å². The Bertz CT molecular complexity index is 1150. The van der Waals surface area contributed by atoms with Gasteiger partial charge in [-0.2, -0.15) is 0 Å². The quantitative estimate of drug-likeness (QED) is 0.501. The molecule has 0 aliphatic carbocycles. The van der Waals surface area contributed by atoms with E-state index in [9.17, 15) is 9.59 Å². The van der Waals surface area contributed by atoms with Crippen LogP contribution in [0, 0.1) is 6.92 Å². The Morgan fingerprint density at radius 3 is 2.59 bits per heavy atom. The molecule has 0 N–H and O–H groups in total. The summed E-state index contributed by atoms with van der Waals surface area (Å²) in [5.74, 6) is -0.294. The van der Waals surface area contributed by atoms with Crippen LogP contribution in [0.5, 0.6) is 5.75 Å². The number of carbonyl (C=O) groups is 1. The van der Waals surface area contributed by atoms with Gasteiger partial charge in [-0.3, -0.25) is 9.59 Å². The summed E-state index contributed by atoms with van der Waals surface area (Å²) in [5, 5.41) is 0.346. The smallest absolute Gasteiger partial charge is 0.315 e. The Morgan fingerprint density at radius 1 is 1.04 bits per heavy atom. The molecule has 2 aromatic heterocycles. The summed E-state index contributed by atoms with van der Waals surface area (Å²) in [6.45, 7) is 1.90. The van der Waals surface area contributed by atoms with Crippen LogP contribution in [0.4, 0.5) is 0 Å². The molecule has 0 radical (unpaired) electrons. The first-order valence-corrected chi connectivity index (χ1v) is 8.48. The summed E-state index contributed by atoms with van der Waals surface area (Å²) in [4.78, 5) is 25.4. The number of hydrogen-bond acceptors (Lipinski definition) is 5. The van der Waals surface area contributed by atoms with Crippen molar-refractivity contribution in [2.75, 3.05) is 0 Å². The van der Waals surface area contributed by atoms with Gasteiger partial charge in [0.25, 0.3) is 0 Å². The fourth-order valence-electron chi connectivity index (χ4n) is 2.86. The normalized spacial score (nSPS) is 10.9. The molecule has 0 atom stereocenters. The lowest BCUT2D eigenvalue weighted by Gasteiger charge is -2.09. The van der Waals surface area contributed by atoms with Crippen molar-refractivity contribution >= 4 is 16.9 Å². The van der Waals surface area contributed by atoms with E-state index in [1.165, 1.54) is 6.26 Å². The van der Waals surface area contributed by atoms with Gasteiger partial charge in [-0.25, -0.2) is 0 Å². The van der Waals surface area contributed by atoms with Gasteiger partial charge in [0.1, 0.15) is 5.58 Å². The van der Waals surface area contributed by atoms with Crippen molar-refractivity contribution < 1.29 is 18.4 Å². The van der Waals surface area contributed by atoms with E-state index in [4.69, 9.17) is 13.6 Å². The second kappa shape index (κ2) is 6.96. The van der Waals surface area contributed by atoms with E-state index >= 15 is 0 Å². The molecule has 0 aliphatic heterocycles. The number of carbonyl (C=O) groups excluding carboxylic acids is 1. The van der Waals surface area contributed by atoms with Crippen LogP contribution in [-0.2, 0) is 11.2 Å². The molecular formula is C22H16O5. The first-order valence-electron chi connectivity index (χ1n) is 8.48. The number of aryl methyl sites for hydroxylation is 1. The van der Waals surface area contributed by atoms with Gasteiger partial charge in [0.05, 0.1) is 18.1 Å². The molecule has 4 aromatic rings. The van der Waals surface area contributed by atoms with Gasteiger partial charge in [0, 0.05) is 0 Å². The van der Waals surface area contributed by atoms with Gasteiger partial charge in [0.2, 0.25) is 16.9 Å². The Balaban J connectivity index is 1.79. The minimum atomic E-state index is -0.548. The lowest BCUT2D eigenvalue weighted by molar-refractivity contribution is -0.133. The molecular weight excluding hydrogens is 344 g/mol. The summed E-state index contributed by atoms with van der Waals surface area (Å²) in [7, 11) is 0. The third-order valence-corrected chi connectivity index (χ3v) is 4.16. The van der Waals surface area contributed by atoms with Gasteiger partial charge in [-0.05, 0) is 42.3 Å². The molecule has 0 bridgehead atoms. The predicted octanol–water partition coefficient (Wildman–Crippen LogP) is 4.51. The van der Waals surface area contributed by atoms with Crippen molar-refractivity contribution in [3.63, 3.8) is 0 Å². The maximum Gasteiger partial charge on any atom is 0.315 e. The molecule has 27 heavy (non-hydrogen) atoms. The SMILES string of the molecule is Cc1ccc2c(=O)c(OC(=O)Cc3ccccc3)c(-c3ccco3)oc2c1. The maximum absolute atomic E-state index is 13.0. The van der Waals surface area contributed by atoms with Crippen LogP contribution >= 0.6 is 0 Å². The molecule has 0 amide bonds. The van der Waals surface area contributed by atoms with Crippen LogP contribution in [0.1, 0.15) is 11.1 Å². The molecule has 0 aliphatic rings. The molecule has 2 heterocycles. The number of rotatable bonds is 4. The lowest BCUT2D eigenvalue weighted by Crippen LogP contribution is -2.17. The van der Waals surface area contributed by atoms with Crippen molar-refractivity contribution in [3.8, 4) is 17.3 Å². The highest BCUT2D eigenvalue weighted by atomic mass is 16.5. The zero-order valence-corrected chi connectivity index (χ0v) is 14.6. The Kier molecular flexibility index (Phi) is 4.34. The number of hydrogen-bond donors (Lipinski definition) is 0. The predicted molar refractivity (Wildman–Crippen MR) is 101 cm³/mol. The molecule has 5 heteroatoms. The van der Waals surface area contributed by atoms with Gasteiger partial charge in [0.15, 0.2) is 5.76 Å². The molecule has 0 fully saturated rings. The monoisotopic (exact) mass is 360 g/mol. The first kappa shape index (κ1) is 16.8. The molecule has 0 saturated heterocycles. The highest BCUT2D eigenvalue weighted by molar-refractivity contribution is 5.84. The summed E-state index contributed by atoms with van der Waals surface area (Å²) < 4.78 is 16.7. The second-order valence-corrected chi connectivity index (χ2v) is 6.20. The van der Waals surface area contributed by atoms with E-state index in [0.29, 0.717) is 16.7 Å².